The second-order valence-corrected chi connectivity index (χ2v) is 8.24. The van der Waals surface area contributed by atoms with Crippen molar-refractivity contribution < 1.29 is 12.9 Å². The molecule has 1 aromatic heterocycles. The highest BCUT2D eigenvalue weighted by Gasteiger charge is 2.20. The van der Waals surface area contributed by atoms with Gasteiger partial charge in [0.2, 0.25) is 21.7 Å². The summed E-state index contributed by atoms with van der Waals surface area (Å²) in [5, 5.41) is 3.92. The zero-order chi connectivity index (χ0) is 19.4. The molecule has 0 saturated heterocycles. The molecule has 0 radical (unpaired) electrons. The first-order chi connectivity index (χ1) is 12.9. The van der Waals surface area contributed by atoms with Gasteiger partial charge in [-0.15, -0.1) is 0 Å². The Bertz CT molecular complexity index is 1010. The molecule has 3 rings (SSSR count). The van der Waals surface area contributed by atoms with Crippen molar-refractivity contribution >= 4 is 10.0 Å². The highest BCUT2D eigenvalue weighted by atomic mass is 32.2. The van der Waals surface area contributed by atoms with Crippen LogP contribution in [0.15, 0.2) is 57.9 Å². The van der Waals surface area contributed by atoms with Crippen molar-refractivity contribution in [3.05, 3.63) is 65.5 Å². The lowest BCUT2D eigenvalue weighted by Crippen LogP contribution is -2.28. The predicted molar refractivity (Wildman–Crippen MR) is 104 cm³/mol. The van der Waals surface area contributed by atoms with Gasteiger partial charge in [-0.1, -0.05) is 61.5 Å². The van der Waals surface area contributed by atoms with Crippen LogP contribution in [0.5, 0.6) is 0 Å². The minimum Gasteiger partial charge on any atom is -0.339 e. The SMILES string of the molecule is CCc1nc(-c2ccc(C)c(S(=O)(=O)NCC(C)c3ccccc3)c2)no1. The second kappa shape index (κ2) is 8.02. The highest BCUT2D eigenvalue weighted by Crippen LogP contribution is 2.24. The van der Waals surface area contributed by atoms with Crippen LogP contribution >= 0.6 is 0 Å². The van der Waals surface area contributed by atoms with Crippen LogP contribution in [-0.2, 0) is 16.4 Å². The summed E-state index contributed by atoms with van der Waals surface area (Å²) in [5.74, 6) is 0.972. The van der Waals surface area contributed by atoms with E-state index in [-0.39, 0.29) is 10.8 Å². The van der Waals surface area contributed by atoms with E-state index >= 15 is 0 Å². The number of aromatic nitrogens is 2. The maximum Gasteiger partial charge on any atom is 0.240 e. The molecule has 0 amide bonds. The summed E-state index contributed by atoms with van der Waals surface area (Å²) in [7, 11) is -3.66. The number of sulfonamides is 1. The molecule has 0 aliphatic carbocycles. The van der Waals surface area contributed by atoms with Gasteiger partial charge in [0, 0.05) is 18.5 Å². The maximum absolute atomic E-state index is 12.9. The summed E-state index contributed by atoms with van der Waals surface area (Å²) in [4.78, 5) is 4.50. The van der Waals surface area contributed by atoms with Gasteiger partial charge in [-0.25, -0.2) is 13.1 Å². The fourth-order valence-electron chi connectivity index (χ4n) is 2.76. The maximum atomic E-state index is 12.9. The van der Waals surface area contributed by atoms with Crippen LogP contribution in [0.2, 0.25) is 0 Å². The van der Waals surface area contributed by atoms with Gasteiger partial charge in [0.05, 0.1) is 4.90 Å². The molecule has 1 unspecified atom stereocenters. The van der Waals surface area contributed by atoms with Crippen molar-refractivity contribution in [2.45, 2.75) is 38.0 Å². The van der Waals surface area contributed by atoms with E-state index in [2.05, 4.69) is 14.9 Å². The molecule has 3 aromatic rings. The van der Waals surface area contributed by atoms with Crippen LogP contribution in [0.25, 0.3) is 11.4 Å². The van der Waals surface area contributed by atoms with E-state index in [9.17, 15) is 8.42 Å². The van der Waals surface area contributed by atoms with Gasteiger partial charge < -0.3 is 4.52 Å². The largest absolute Gasteiger partial charge is 0.339 e. The van der Waals surface area contributed by atoms with E-state index in [0.29, 0.717) is 35.8 Å². The van der Waals surface area contributed by atoms with E-state index in [0.717, 1.165) is 5.56 Å². The van der Waals surface area contributed by atoms with Crippen molar-refractivity contribution in [1.82, 2.24) is 14.9 Å². The molecule has 1 heterocycles. The van der Waals surface area contributed by atoms with Gasteiger partial charge in [-0.3, -0.25) is 0 Å². The lowest BCUT2D eigenvalue weighted by Gasteiger charge is -2.15. The third-order valence-electron chi connectivity index (χ3n) is 4.45. The van der Waals surface area contributed by atoms with E-state index in [4.69, 9.17) is 4.52 Å². The molecule has 7 heteroatoms. The van der Waals surface area contributed by atoms with Crippen LogP contribution < -0.4 is 4.72 Å². The topological polar surface area (TPSA) is 85.1 Å². The first-order valence-electron chi connectivity index (χ1n) is 8.89. The van der Waals surface area contributed by atoms with Gasteiger partial charge in [-0.05, 0) is 30.0 Å². The number of hydrogen-bond acceptors (Lipinski definition) is 5. The average molecular weight is 385 g/mol. The number of nitrogens with one attached hydrogen (secondary N) is 1. The Morgan fingerprint density at radius 2 is 1.89 bits per heavy atom. The number of hydrogen-bond donors (Lipinski definition) is 1. The Kier molecular flexibility index (Phi) is 5.72. The molecule has 0 fully saturated rings. The van der Waals surface area contributed by atoms with Crippen LogP contribution in [0, 0.1) is 6.92 Å². The molecule has 0 spiro atoms. The zero-order valence-corrected chi connectivity index (χ0v) is 16.5. The predicted octanol–water partition coefficient (Wildman–Crippen LogP) is 3.69. The molecule has 1 atom stereocenters. The first-order valence-corrected chi connectivity index (χ1v) is 10.4. The van der Waals surface area contributed by atoms with Gasteiger partial charge in [0.25, 0.3) is 0 Å². The molecule has 0 aliphatic rings. The van der Waals surface area contributed by atoms with E-state index < -0.39 is 10.0 Å². The van der Waals surface area contributed by atoms with Crippen molar-refractivity contribution in [3.8, 4) is 11.4 Å². The lowest BCUT2D eigenvalue weighted by molar-refractivity contribution is 0.383. The number of benzene rings is 2. The molecule has 0 saturated carbocycles. The summed E-state index contributed by atoms with van der Waals surface area (Å²) in [6, 6.07) is 15.0. The monoisotopic (exact) mass is 385 g/mol. The number of aryl methyl sites for hydroxylation is 2. The van der Waals surface area contributed by atoms with E-state index in [1.54, 1.807) is 25.1 Å². The Hall–Kier alpha value is -2.51. The van der Waals surface area contributed by atoms with Crippen LogP contribution in [0.1, 0.15) is 36.8 Å². The minimum absolute atomic E-state index is 0.0637. The van der Waals surface area contributed by atoms with Crippen molar-refractivity contribution in [1.29, 1.82) is 0 Å². The number of rotatable bonds is 7. The summed E-state index contributed by atoms with van der Waals surface area (Å²) in [5.41, 5.74) is 2.36. The molecule has 0 aliphatic heterocycles. The minimum atomic E-state index is -3.66. The Labute approximate surface area is 159 Å². The van der Waals surface area contributed by atoms with Crippen molar-refractivity contribution in [2.75, 3.05) is 6.54 Å². The first kappa shape index (κ1) is 19.3. The third-order valence-corrected chi connectivity index (χ3v) is 6.02. The van der Waals surface area contributed by atoms with Crippen LogP contribution in [-0.4, -0.2) is 25.1 Å². The van der Waals surface area contributed by atoms with Gasteiger partial charge in [0.1, 0.15) is 0 Å². The highest BCUT2D eigenvalue weighted by molar-refractivity contribution is 7.89. The molecule has 142 valence electrons. The molecular weight excluding hydrogens is 362 g/mol. The molecule has 0 bridgehead atoms. The molecule has 2 aromatic carbocycles. The van der Waals surface area contributed by atoms with Gasteiger partial charge in [0.15, 0.2) is 0 Å². The second-order valence-electron chi connectivity index (χ2n) is 6.51. The van der Waals surface area contributed by atoms with Crippen molar-refractivity contribution in [2.24, 2.45) is 0 Å². The van der Waals surface area contributed by atoms with Crippen molar-refractivity contribution in [3.63, 3.8) is 0 Å². The summed E-state index contributed by atoms with van der Waals surface area (Å²) < 4.78 is 33.6. The number of nitrogens with zero attached hydrogens (tertiary/aromatic N) is 2. The van der Waals surface area contributed by atoms with Crippen LogP contribution in [0.3, 0.4) is 0 Å². The molecular formula is C20H23N3O3S. The quantitative estimate of drug-likeness (QED) is 0.670. The molecule has 27 heavy (non-hydrogen) atoms. The fourth-order valence-corrected chi connectivity index (χ4v) is 4.16. The average Bonchev–Trinajstić information content (AvgIpc) is 3.16. The Balaban J connectivity index is 1.82. The summed E-state index contributed by atoms with van der Waals surface area (Å²) in [6.07, 6.45) is 0.628. The summed E-state index contributed by atoms with van der Waals surface area (Å²) >= 11 is 0. The third kappa shape index (κ3) is 4.43. The molecule has 1 N–H and O–H groups in total. The van der Waals surface area contributed by atoms with Gasteiger partial charge >= 0.3 is 0 Å². The standard InChI is InChI=1S/C20H23N3O3S/c1-4-19-22-20(23-26-19)17-11-10-14(2)18(12-17)27(24,25)21-13-15(3)16-8-6-5-7-9-16/h5-12,15,21H,4,13H2,1-3H3. The van der Waals surface area contributed by atoms with E-state index in [1.165, 1.54) is 0 Å². The van der Waals surface area contributed by atoms with Crippen LogP contribution in [0.4, 0.5) is 0 Å². The molecule has 6 nitrogen and oxygen atoms in total. The summed E-state index contributed by atoms with van der Waals surface area (Å²) in [6.45, 7) is 6.00. The fraction of sp³-hybridized carbons (Fsp3) is 0.300. The lowest BCUT2D eigenvalue weighted by atomic mass is 10.0. The smallest absolute Gasteiger partial charge is 0.240 e. The normalized spacial score (nSPS) is 12.9. The van der Waals surface area contributed by atoms with E-state index in [1.807, 2.05) is 44.2 Å². The zero-order valence-electron chi connectivity index (χ0n) is 15.6. The Morgan fingerprint density at radius 3 is 2.56 bits per heavy atom. The Morgan fingerprint density at radius 1 is 1.15 bits per heavy atom. The van der Waals surface area contributed by atoms with Gasteiger partial charge in [-0.2, -0.15) is 4.98 Å².